The zero-order valence-electron chi connectivity index (χ0n) is 24.0. The number of nitrogens with one attached hydrogen (secondary N) is 2. The first-order chi connectivity index (χ1) is 20.4. The van der Waals surface area contributed by atoms with E-state index in [4.69, 9.17) is 14.2 Å². The van der Waals surface area contributed by atoms with Crippen LogP contribution in [0.25, 0.3) is 0 Å². The highest BCUT2D eigenvalue weighted by atomic mass is 32.2. The Morgan fingerprint density at radius 1 is 1.09 bits per heavy atom. The first-order valence-corrected chi connectivity index (χ1v) is 15.5. The molecular formula is C29H36F3N3O7S. The molecule has 0 spiro atoms. The largest absolute Gasteiger partial charge is 0.497 e. The molecule has 2 aliphatic heterocycles. The summed E-state index contributed by atoms with van der Waals surface area (Å²) in [6, 6.07) is 7.59. The van der Waals surface area contributed by atoms with Crippen LogP contribution in [-0.4, -0.2) is 69.9 Å². The second-order valence-electron chi connectivity index (χ2n) is 10.6. The van der Waals surface area contributed by atoms with Crippen molar-refractivity contribution in [2.45, 2.75) is 74.8 Å². The summed E-state index contributed by atoms with van der Waals surface area (Å²) in [5, 5.41) is 5.54. The van der Waals surface area contributed by atoms with Crippen LogP contribution in [0.1, 0.15) is 48.8 Å². The lowest BCUT2D eigenvalue weighted by atomic mass is 9.99. The number of carbonyl (C=O) groups is 2. The van der Waals surface area contributed by atoms with Crippen molar-refractivity contribution >= 4 is 22.0 Å². The van der Waals surface area contributed by atoms with Gasteiger partial charge in [-0.3, -0.25) is 4.79 Å². The minimum Gasteiger partial charge on any atom is -0.497 e. The van der Waals surface area contributed by atoms with Gasteiger partial charge < -0.3 is 24.8 Å². The van der Waals surface area contributed by atoms with Crippen molar-refractivity contribution in [3.8, 4) is 5.75 Å². The van der Waals surface area contributed by atoms with Crippen molar-refractivity contribution in [1.82, 2.24) is 14.9 Å². The SMILES string of the molecule is COc1ccc(C[C@H](NC(=O)O[C@H]2CCCCN2S(=O)(=O)c2cccc(C(F)(F)F)c2)C(=O)NC2CCOCC2)c(C)c1. The van der Waals surface area contributed by atoms with Gasteiger partial charge in [-0.15, -0.1) is 0 Å². The number of ether oxygens (including phenoxy) is 3. The van der Waals surface area contributed by atoms with Crippen molar-refractivity contribution in [1.29, 1.82) is 0 Å². The highest BCUT2D eigenvalue weighted by Crippen LogP contribution is 2.33. The third-order valence-electron chi connectivity index (χ3n) is 7.56. The molecule has 2 aliphatic rings. The van der Waals surface area contributed by atoms with Crippen LogP contribution in [0.4, 0.5) is 18.0 Å². The predicted octanol–water partition coefficient (Wildman–Crippen LogP) is 4.16. The number of hydrogen-bond acceptors (Lipinski definition) is 7. The van der Waals surface area contributed by atoms with Crippen molar-refractivity contribution in [3.05, 3.63) is 59.2 Å². The molecule has 10 nitrogen and oxygen atoms in total. The number of nitrogens with zero attached hydrogens (tertiary/aromatic N) is 1. The van der Waals surface area contributed by atoms with E-state index in [9.17, 15) is 31.2 Å². The lowest BCUT2D eigenvalue weighted by molar-refractivity contribution is -0.137. The molecule has 2 aromatic rings. The van der Waals surface area contributed by atoms with E-state index >= 15 is 0 Å². The van der Waals surface area contributed by atoms with Crippen LogP contribution < -0.4 is 15.4 Å². The summed E-state index contributed by atoms with van der Waals surface area (Å²) in [5.74, 6) is 0.201. The minimum absolute atomic E-state index is 0.0464. The number of sulfonamides is 1. The van der Waals surface area contributed by atoms with E-state index in [1.54, 1.807) is 18.2 Å². The lowest BCUT2D eigenvalue weighted by Crippen LogP contribution is -2.53. The molecule has 0 aromatic heterocycles. The Morgan fingerprint density at radius 2 is 1.84 bits per heavy atom. The molecule has 0 radical (unpaired) electrons. The fourth-order valence-electron chi connectivity index (χ4n) is 5.13. The Bertz CT molecular complexity index is 1400. The number of carbonyl (C=O) groups excluding carboxylic acids is 2. The summed E-state index contributed by atoms with van der Waals surface area (Å²) in [4.78, 5) is 26.0. The van der Waals surface area contributed by atoms with Gasteiger partial charge in [-0.2, -0.15) is 17.5 Å². The molecule has 0 aliphatic carbocycles. The molecule has 236 valence electrons. The van der Waals surface area contributed by atoms with E-state index < -0.39 is 50.9 Å². The van der Waals surface area contributed by atoms with Crippen molar-refractivity contribution < 1.29 is 45.4 Å². The summed E-state index contributed by atoms with van der Waals surface area (Å²) in [6.45, 7) is 2.80. The van der Waals surface area contributed by atoms with E-state index in [1.165, 1.54) is 7.11 Å². The molecule has 2 amide bonds. The summed E-state index contributed by atoms with van der Waals surface area (Å²) in [6.07, 6.45) is -4.54. The number of alkyl carbamates (subject to hydrolysis) is 1. The minimum atomic E-state index is -4.73. The van der Waals surface area contributed by atoms with Gasteiger partial charge in [0.15, 0.2) is 6.23 Å². The smallest absolute Gasteiger partial charge is 0.416 e. The van der Waals surface area contributed by atoms with Crippen molar-refractivity contribution in [2.24, 2.45) is 0 Å². The number of methoxy groups -OCH3 is 1. The average molecular weight is 628 g/mol. The summed E-state index contributed by atoms with van der Waals surface area (Å²) in [5.41, 5.74) is 0.511. The highest BCUT2D eigenvalue weighted by molar-refractivity contribution is 7.89. The number of aryl methyl sites for hydroxylation is 1. The topological polar surface area (TPSA) is 123 Å². The molecule has 4 rings (SSSR count). The number of halogens is 3. The first-order valence-electron chi connectivity index (χ1n) is 14.1. The molecule has 2 fully saturated rings. The van der Waals surface area contributed by atoms with E-state index in [-0.39, 0.29) is 25.4 Å². The molecule has 2 heterocycles. The van der Waals surface area contributed by atoms with Crippen LogP contribution in [-0.2, 0) is 36.9 Å². The van der Waals surface area contributed by atoms with E-state index in [0.717, 1.165) is 33.6 Å². The Morgan fingerprint density at radius 3 is 2.51 bits per heavy atom. The molecule has 0 saturated carbocycles. The van der Waals surface area contributed by atoms with Gasteiger partial charge in [0.25, 0.3) is 0 Å². The molecule has 2 atom stereocenters. The molecule has 43 heavy (non-hydrogen) atoms. The van der Waals surface area contributed by atoms with Crippen LogP contribution in [0.15, 0.2) is 47.4 Å². The third kappa shape index (κ3) is 8.39. The van der Waals surface area contributed by atoms with Crippen molar-refractivity contribution in [3.63, 3.8) is 0 Å². The Labute approximate surface area is 248 Å². The zero-order valence-corrected chi connectivity index (χ0v) is 24.8. The third-order valence-corrected chi connectivity index (χ3v) is 9.45. The number of alkyl halides is 3. The van der Waals surface area contributed by atoms with E-state index in [0.29, 0.717) is 50.7 Å². The molecule has 2 aromatic carbocycles. The van der Waals surface area contributed by atoms with Gasteiger partial charge in [0, 0.05) is 32.2 Å². The van der Waals surface area contributed by atoms with Crippen LogP contribution >= 0.6 is 0 Å². The lowest BCUT2D eigenvalue weighted by Gasteiger charge is -2.34. The maximum atomic E-state index is 13.4. The number of hydrogen-bond donors (Lipinski definition) is 2. The van der Waals surface area contributed by atoms with E-state index in [2.05, 4.69) is 10.6 Å². The van der Waals surface area contributed by atoms with Crippen molar-refractivity contribution in [2.75, 3.05) is 26.9 Å². The second kappa shape index (κ2) is 14.0. The highest BCUT2D eigenvalue weighted by Gasteiger charge is 2.38. The summed E-state index contributed by atoms with van der Waals surface area (Å²) >= 11 is 0. The monoisotopic (exact) mass is 627 g/mol. The molecule has 0 unspecified atom stereocenters. The quantitative estimate of drug-likeness (QED) is 0.428. The van der Waals surface area contributed by atoms with Gasteiger partial charge in [0.1, 0.15) is 11.8 Å². The summed E-state index contributed by atoms with van der Waals surface area (Å²) in [7, 11) is -2.90. The van der Waals surface area contributed by atoms with Gasteiger partial charge in [0.05, 0.1) is 17.6 Å². The number of rotatable bonds is 9. The van der Waals surface area contributed by atoms with Crippen LogP contribution in [0.2, 0.25) is 0 Å². The van der Waals surface area contributed by atoms with Gasteiger partial charge in [0.2, 0.25) is 15.9 Å². The van der Waals surface area contributed by atoms with Gasteiger partial charge in [-0.1, -0.05) is 12.1 Å². The second-order valence-corrected chi connectivity index (χ2v) is 12.5. The molecule has 0 bridgehead atoms. The van der Waals surface area contributed by atoms with Gasteiger partial charge in [-0.25, -0.2) is 13.2 Å². The fraction of sp³-hybridized carbons (Fsp3) is 0.517. The summed E-state index contributed by atoms with van der Waals surface area (Å²) < 4.78 is 83.7. The van der Waals surface area contributed by atoms with Gasteiger partial charge in [-0.05, 0) is 80.5 Å². The zero-order chi connectivity index (χ0) is 31.2. The Kier molecular flexibility index (Phi) is 10.6. The van der Waals surface area contributed by atoms with Gasteiger partial charge >= 0.3 is 12.3 Å². The number of piperidine rings is 1. The predicted molar refractivity (Wildman–Crippen MR) is 150 cm³/mol. The average Bonchev–Trinajstić information content (AvgIpc) is 2.98. The van der Waals surface area contributed by atoms with E-state index in [1.807, 2.05) is 6.92 Å². The van der Waals surface area contributed by atoms with Crippen LogP contribution in [0, 0.1) is 6.92 Å². The Hall–Kier alpha value is -3.36. The molecular weight excluding hydrogens is 591 g/mol. The molecule has 14 heteroatoms. The fourth-order valence-corrected chi connectivity index (χ4v) is 6.76. The number of amides is 2. The first kappa shape index (κ1) is 32.6. The molecule has 2 N–H and O–H groups in total. The Balaban J connectivity index is 1.52. The molecule has 2 saturated heterocycles. The number of benzene rings is 2. The van der Waals surface area contributed by atoms with Crippen LogP contribution in [0.5, 0.6) is 5.75 Å². The normalized spacial score (nSPS) is 19.3. The maximum Gasteiger partial charge on any atom is 0.416 e. The standard InChI is InChI=1S/C29H36F3N3O7S/c1-19-16-23(40-2)10-9-20(19)17-25(27(36)33-22-11-14-41-15-12-22)34-28(37)42-26-8-3-4-13-35(26)43(38,39)24-7-5-6-21(18-24)29(30,31)32/h5-7,9-10,16,18,22,25-26H,3-4,8,11-15,17H2,1-2H3,(H,33,36)(H,34,37)/t25-,26-/m0/s1. The van der Waals surface area contributed by atoms with Crippen LogP contribution in [0.3, 0.4) is 0 Å². The maximum absolute atomic E-state index is 13.4.